The van der Waals surface area contributed by atoms with Gasteiger partial charge in [-0.15, -0.1) is 0 Å². The average molecular weight is 216 g/mol. The van der Waals surface area contributed by atoms with Crippen molar-refractivity contribution < 1.29 is 19.8 Å². The Kier molecular flexibility index (Phi) is 3.65. The highest BCUT2D eigenvalue weighted by molar-refractivity contribution is 5.87. The van der Waals surface area contributed by atoms with E-state index in [9.17, 15) is 14.7 Å². The van der Waals surface area contributed by atoms with Crippen LogP contribution in [0.25, 0.3) is 0 Å². The number of carbonyl (C=O) groups is 2. The molecule has 0 aliphatic carbocycles. The Morgan fingerprint density at radius 3 is 2.60 bits per heavy atom. The Labute approximate surface area is 87.9 Å². The zero-order valence-electron chi connectivity index (χ0n) is 8.80. The van der Waals surface area contributed by atoms with Crippen molar-refractivity contribution in [3.63, 3.8) is 0 Å². The van der Waals surface area contributed by atoms with Gasteiger partial charge < -0.3 is 20.4 Å². The number of rotatable bonds is 3. The highest BCUT2D eigenvalue weighted by atomic mass is 16.4. The van der Waals surface area contributed by atoms with Crippen molar-refractivity contribution in [2.75, 3.05) is 13.6 Å². The van der Waals surface area contributed by atoms with Crippen molar-refractivity contribution in [2.24, 2.45) is 0 Å². The van der Waals surface area contributed by atoms with E-state index in [0.29, 0.717) is 0 Å². The summed E-state index contributed by atoms with van der Waals surface area (Å²) >= 11 is 0. The molecule has 1 amide bonds. The molecular weight excluding hydrogens is 200 g/mol. The second-order valence-corrected chi connectivity index (χ2v) is 3.74. The Balaban J connectivity index is 2.75. The van der Waals surface area contributed by atoms with Gasteiger partial charge in [-0.05, 0) is 14.0 Å². The third-order valence-corrected chi connectivity index (χ3v) is 2.65. The Morgan fingerprint density at radius 2 is 2.13 bits per heavy atom. The van der Waals surface area contributed by atoms with Gasteiger partial charge in [0.15, 0.2) is 0 Å². The molecule has 3 N–H and O–H groups in total. The number of aliphatic carboxylic acids is 1. The fourth-order valence-corrected chi connectivity index (χ4v) is 1.66. The molecular formula is C9H16N2O4. The number of aliphatic hydroxyl groups excluding tert-OH is 1. The first-order chi connectivity index (χ1) is 6.97. The lowest BCUT2D eigenvalue weighted by atomic mass is 10.2. The van der Waals surface area contributed by atoms with Gasteiger partial charge >= 0.3 is 5.97 Å². The van der Waals surface area contributed by atoms with Gasteiger partial charge in [0.05, 0.1) is 12.1 Å². The minimum absolute atomic E-state index is 0.0990. The number of nitrogens with one attached hydrogen (secondary N) is 1. The fraction of sp³-hybridized carbons (Fsp3) is 0.778. The van der Waals surface area contributed by atoms with Gasteiger partial charge in [0.1, 0.15) is 6.04 Å². The number of carboxylic acid groups (broad SMARTS) is 1. The van der Waals surface area contributed by atoms with Crippen LogP contribution in [0.5, 0.6) is 0 Å². The fourth-order valence-electron chi connectivity index (χ4n) is 1.66. The van der Waals surface area contributed by atoms with Crippen molar-refractivity contribution in [3.8, 4) is 0 Å². The van der Waals surface area contributed by atoms with Crippen LogP contribution in [-0.4, -0.2) is 58.8 Å². The van der Waals surface area contributed by atoms with Gasteiger partial charge in [-0.1, -0.05) is 0 Å². The summed E-state index contributed by atoms with van der Waals surface area (Å²) in [5.74, 6) is -1.36. The maximum absolute atomic E-state index is 11.7. The van der Waals surface area contributed by atoms with E-state index in [2.05, 4.69) is 5.32 Å². The van der Waals surface area contributed by atoms with Gasteiger partial charge in [-0.25, -0.2) is 4.79 Å². The number of amides is 1. The van der Waals surface area contributed by atoms with Crippen LogP contribution in [0.3, 0.4) is 0 Å². The molecule has 2 unspecified atom stereocenters. The first-order valence-corrected chi connectivity index (χ1v) is 4.86. The molecule has 0 bridgehead atoms. The Morgan fingerprint density at radius 1 is 1.53 bits per heavy atom. The standard InChI is InChI=1S/C9H16N2O4/c1-5(10-2)8(13)11-4-6(12)3-7(11)9(14)15/h5-7,10,12H,3-4H2,1-2H3,(H,14,15)/t5?,6?,7-/m0/s1. The molecule has 6 heteroatoms. The minimum atomic E-state index is -1.07. The Hall–Kier alpha value is -1.14. The third-order valence-electron chi connectivity index (χ3n) is 2.65. The van der Waals surface area contributed by atoms with Gasteiger partial charge in [-0.2, -0.15) is 0 Å². The largest absolute Gasteiger partial charge is 0.480 e. The summed E-state index contributed by atoms with van der Waals surface area (Å²) in [7, 11) is 1.63. The zero-order valence-corrected chi connectivity index (χ0v) is 8.80. The molecule has 1 rings (SSSR count). The normalized spacial score (nSPS) is 27.8. The molecule has 0 aromatic heterocycles. The summed E-state index contributed by atoms with van der Waals surface area (Å²) in [6.45, 7) is 1.76. The quantitative estimate of drug-likeness (QED) is 0.542. The number of likely N-dealkylation sites (tertiary alicyclic amines) is 1. The summed E-state index contributed by atoms with van der Waals surface area (Å²) in [5, 5.41) is 21.0. The van der Waals surface area contributed by atoms with Crippen molar-refractivity contribution >= 4 is 11.9 Å². The van der Waals surface area contributed by atoms with Crippen LogP contribution in [0.2, 0.25) is 0 Å². The van der Waals surface area contributed by atoms with E-state index in [-0.39, 0.29) is 18.9 Å². The third kappa shape index (κ3) is 2.45. The maximum Gasteiger partial charge on any atom is 0.326 e. The molecule has 1 saturated heterocycles. The smallest absolute Gasteiger partial charge is 0.326 e. The summed E-state index contributed by atoms with van der Waals surface area (Å²) in [5.41, 5.74) is 0. The monoisotopic (exact) mass is 216 g/mol. The predicted molar refractivity (Wildman–Crippen MR) is 52.3 cm³/mol. The molecule has 86 valence electrons. The average Bonchev–Trinajstić information content (AvgIpc) is 2.58. The maximum atomic E-state index is 11.7. The van der Waals surface area contributed by atoms with E-state index in [1.165, 1.54) is 4.90 Å². The van der Waals surface area contributed by atoms with E-state index in [1.54, 1.807) is 14.0 Å². The number of carboxylic acids is 1. The topological polar surface area (TPSA) is 89.9 Å². The Bertz CT molecular complexity index is 269. The molecule has 6 nitrogen and oxygen atoms in total. The predicted octanol–water partition coefficient (Wildman–Crippen LogP) is -1.36. The van der Waals surface area contributed by atoms with Gasteiger partial charge in [-0.3, -0.25) is 4.79 Å². The van der Waals surface area contributed by atoms with Crippen LogP contribution in [0, 0.1) is 0 Å². The number of aliphatic hydroxyl groups is 1. The molecule has 15 heavy (non-hydrogen) atoms. The van der Waals surface area contributed by atoms with E-state index >= 15 is 0 Å². The minimum Gasteiger partial charge on any atom is -0.480 e. The molecule has 0 saturated carbocycles. The number of nitrogens with zero attached hydrogens (tertiary/aromatic N) is 1. The molecule has 1 aliphatic heterocycles. The van der Waals surface area contributed by atoms with Gasteiger partial charge in [0.25, 0.3) is 0 Å². The lowest BCUT2D eigenvalue weighted by Gasteiger charge is -2.24. The molecule has 1 aliphatic rings. The number of hydrogen-bond acceptors (Lipinski definition) is 4. The number of likely N-dealkylation sites (N-methyl/N-ethyl adjacent to an activating group) is 1. The number of β-amino-alcohol motifs (C(OH)–C–C–N with tert-alkyl or cyclic N) is 1. The lowest BCUT2D eigenvalue weighted by Crippen LogP contribution is -2.48. The molecule has 0 radical (unpaired) electrons. The highest BCUT2D eigenvalue weighted by Gasteiger charge is 2.39. The molecule has 0 aromatic rings. The van der Waals surface area contributed by atoms with Crippen LogP contribution in [-0.2, 0) is 9.59 Å². The first kappa shape index (κ1) is 11.9. The summed E-state index contributed by atoms with van der Waals surface area (Å²) in [6.07, 6.45) is -0.628. The van der Waals surface area contributed by atoms with Crippen LogP contribution in [0.1, 0.15) is 13.3 Å². The van der Waals surface area contributed by atoms with E-state index in [1.807, 2.05) is 0 Å². The lowest BCUT2D eigenvalue weighted by molar-refractivity contribution is -0.148. The summed E-state index contributed by atoms with van der Waals surface area (Å²) in [6, 6.07) is -1.33. The van der Waals surface area contributed by atoms with Crippen molar-refractivity contribution in [2.45, 2.75) is 31.5 Å². The number of hydrogen-bond donors (Lipinski definition) is 3. The van der Waals surface area contributed by atoms with Gasteiger partial charge in [0.2, 0.25) is 5.91 Å². The molecule has 3 atom stereocenters. The molecule has 1 fully saturated rings. The van der Waals surface area contributed by atoms with Crippen molar-refractivity contribution in [3.05, 3.63) is 0 Å². The van der Waals surface area contributed by atoms with Crippen LogP contribution >= 0.6 is 0 Å². The van der Waals surface area contributed by atoms with Gasteiger partial charge in [0, 0.05) is 13.0 Å². The number of carbonyl (C=O) groups excluding carboxylic acids is 1. The zero-order chi connectivity index (χ0) is 11.6. The van der Waals surface area contributed by atoms with Crippen LogP contribution in [0.4, 0.5) is 0 Å². The van der Waals surface area contributed by atoms with Crippen molar-refractivity contribution in [1.82, 2.24) is 10.2 Å². The van der Waals surface area contributed by atoms with E-state index in [4.69, 9.17) is 5.11 Å². The molecule has 1 heterocycles. The highest BCUT2D eigenvalue weighted by Crippen LogP contribution is 2.18. The first-order valence-electron chi connectivity index (χ1n) is 4.86. The van der Waals surface area contributed by atoms with Crippen LogP contribution < -0.4 is 5.32 Å². The van der Waals surface area contributed by atoms with E-state index < -0.39 is 24.2 Å². The van der Waals surface area contributed by atoms with Crippen molar-refractivity contribution in [1.29, 1.82) is 0 Å². The SMILES string of the molecule is CNC(C)C(=O)N1CC(O)C[C@H]1C(=O)O. The molecule has 0 aromatic carbocycles. The van der Waals surface area contributed by atoms with Crippen LogP contribution in [0.15, 0.2) is 0 Å². The summed E-state index contributed by atoms with van der Waals surface area (Å²) in [4.78, 5) is 23.8. The second-order valence-electron chi connectivity index (χ2n) is 3.74. The summed E-state index contributed by atoms with van der Waals surface area (Å²) < 4.78 is 0. The van der Waals surface area contributed by atoms with E-state index in [0.717, 1.165) is 0 Å². The molecule has 0 spiro atoms. The second kappa shape index (κ2) is 4.59.